The lowest BCUT2D eigenvalue weighted by molar-refractivity contribution is 0.624. The van der Waals surface area contributed by atoms with Crippen molar-refractivity contribution in [1.82, 2.24) is 9.97 Å². The largest absolute Gasteiger partial charge is 0.326 e. The monoisotopic (exact) mass is 251 g/mol. The number of pyridine rings is 1. The summed E-state index contributed by atoms with van der Waals surface area (Å²) in [7, 11) is 0. The van der Waals surface area contributed by atoms with Crippen molar-refractivity contribution in [3.63, 3.8) is 0 Å². The van der Waals surface area contributed by atoms with Gasteiger partial charge in [-0.1, -0.05) is 13.8 Å². The van der Waals surface area contributed by atoms with Crippen LogP contribution < -0.4 is 5.73 Å². The second kappa shape index (κ2) is 4.89. The molecule has 0 unspecified atom stereocenters. The van der Waals surface area contributed by atoms with Gasteiger partial charge >= 0.3 is 0 Å². The van der Waals surface area contributed by atoms with Gasteiger partial charge in [-0.2, -0.15) is 0 Å². The van der Waals surface area contributed by atoms with Gasteiger partial charge in [-0.3, -0.25) is 4.98 Å². The van der Waals surface area contributed by atoms with E-state index in [1.807, 2.05) is 0 Å². The number of nitrogens with two attached hydrogens (primary N) is 1. The quantitative estimate of drug-likeness (QED) is 0.912. The Kier molecular flexibility index (Phi) is 3.49. The molecule has 2 aromatic heterocycles. The van der Waals surface area contributed by atoms with Gasteiger partial charge in [-0.05, 0) is 12.0 Å². The molecule has 0 aromatic carbocycles. The van der Waals surface area contributed by atoms with E-state index >= 15 is 0 Å². The van der Waals surface area contributed by atoms with Crippen LogP contribution in [0.25, 0.3) is 10.6 Å². The van der Waals surface area contributed by atoms with Gasteiger partial charge in [-0.25, -0.2) is 9.37 Å². The van der Waals surface area contributed by atoms with Crippen LogP contribution in [-0.4, -0.2) is 9.97 Å². The van der Waals surface area contributed by atoms with Gasteiger partial charge in [0.2, 0.25) is 0 Å². The van der Waals surface area contributed by atoms with Crippen LogP contribution in [0.15, 0.2) is 18.5 Å². The summed E-state index contributed by atoms with van der Waals surface area (Å²) in [6.07, 6.45) is 2.77. The first-order valence-corrected chi connectivity index (χ1v) is 6.24. The number of nitrogens with zero attached hydrogens (tertiary/aromatic N) is 2. The van der Waals surface area contributed by atoms with E-state index in [4.69, 9.17) is 5.73 Å². The predicted octanol–water partition coefficient (Wildman–Crippen LogP) is 2.93. The van der Waals surface area contributed by atoms with Crippen LogP contribution in [-0.2, 0) is 6.54 Å². The second-order valence-corrected chi connectivity index (χ2v) is 5.13. The molecule has 0 fully saturated rings. The third kappa shape index (κ3) is 2.35. The van der Waals surface area contributed by atoms with Gasteiger partial charge in [0, 0.05) is 23.2 Å². The van der Waals surface area contributed by atoms with Crippen molar-refractivity contribution in [3.05, 3.63) is 34.8 Å². The van der Waals surface area contributed by atoms with Gasteiger partial charge < -0.3 is 5.73 Å². The highest BCUT2D eigenvalue weighted by molar-refractivity contribution is 7.15. The summed E-state index contributed by atoms with van der Waals surface area (Å²) in [4.78, 5) is 9.23. The molecule has 0 atom stereocenters. The summed E-state index contributed by atoms with van der Waals surface area (Å²) in [5.74, 6) is -0.0522. The minimum Gasteiger partial charge on any atom is -0.326 e. The molecular formula is C12H14FN3S. The fourth-order valence-electron chi connectivity index (χ4n) is 1.62. The van der Waals surface area contributed by atoms with Crippen LogP contribution in [0.4, 0.5) is 4.39 Å². The van der Waals surface area contributed by atoms with Crippen LogP contribution in [0.3, 0.4) is 0 Å². The molecule has 2 aromatic rings. The second-order valence-electron chi connectivity index (χ2n) is 4.04. The van der Waals surface area contributed by atoms with E-state index in [2.05, 4.69) is 23.8 Å². The van der Waals surface area contributed by atoms with Crippen molar-refractivity contribution in [2.24, 2.45) is 5.73 Å². The Morgan fingerprint density at radius 1 is 1.47 bits per heavy atom. The molecule has 0 aliphatic heterocycles. The van der Waals surface area contributed by atoms with Crippen molar-refractivity contribution in [2.75, 3.05) is 0 Å². The van der Waals surface area contributed by atoms with E-state index in [-0.39, 0.29) is 5.82 Å². The zero-order chi connectivity index (χ0) is 12.4. The molecular weight excluding hydrogens is 237 g/mol. The molecule has 0 aliphatic rings. The molecule has 0 aliphatic carbocycles. The Bertz CT molecular complexity index is 522. The van der Waals surface area contributed by atoms with E-state index in [0.29, 0.717) is 23.0 Å². The third-order valence-corrected chi connectivity index (χ3v) is 3.59. The van der Waals surface area contributed by atoms with E-state index in [1.54, 1.807) is 12.3 Å². The standard InChI is InChI=1S/C12H14FN3S/c1-7(2)11-10(5-14)17-12(16-11)8-3-4-15-6-9(8)13/h3-4,6-7H,5,14H2,1-2H3. The van der Waals surface area contributed by atoms with Crippen molar-refractivity contribution in [1.29, 1.82) is 0 Å². The number of hydrogen-bond donors (Lipinski definition) is 1. The smallest absolute Gasteiger partial charge is 0.151 e. The van der Waals surface area contributed by atoms with Crippen LogP contribution in [0.5, 0.6) is 0 Å². The van der Waals surface area contributed by atoms with Crippen molar-refractivity contribution in [3.8, 4) is 10.6 Å². The fraction of sp³-hybridized carbons (Fsp3) is 0.333. The zero-order valence-corrected chi connectivity index (χ0v) is 10.6. The number of aromatic nitrogens is 2. The maximum Gasteiger partial charge on any atom is 0.151 e. The van der Waals surface area contributed by atoms with Gasteiger partial charge in [0.15, 0.2) is 5.82 Å². The Morgan fingerprint density at radius 2 is 2.24 bits per heavy atom. The average Bonchev–Trinajstić information content (AvgIpc) is 2.73. The first-order chi connectivity index (χ1) is 8.13. The molecule has 17 heavy (non-hydrogen) atoms. The van der Waals surface area contributed by atoms with Crippen LogP contribution in [0.1, 0.15) is 30.3 Å². The summed E-state index contributed by atoms with van der Waals surface area (Å²) < 4.78 is 13.6. The SMILES string of the molecule is CC(C)c1nc(-c2ccncc2F)sc1CN. The Balaban J connectivity index is 2.51. The van der Waals surface area contributed by atoms with E-state index < -0.39 is 0 Å². The highest BCUT2D eigenvalue weighted by Gasteiger charge is 2.16. The summed E-state index contributed by atoms with van der Waals surface area (Å²) in [6, 6.07) is 1.64. The topological polar surface area (TPSA) is 51.8 Å². The lowest BCUT2D eigenvalue weighted by atomic mass is 10.1. The Hall–Kier alpha value is -1.33. The lowest BCUT2D eigenvalue weighted by Crippen LogP contribution is -1.99. The van der Waals surface area contributed by atoms with Gasteiger partial charge in [-0.15, -0.1) is 11.3 Å². The molecule has 3 nitrogen and oxygen atoms in total. The van der Waals surface area contributed by atoms with Gasteiger partial charge in [0.05, 0.1) is 11.9 Å². The molecule has 2 N–H and O–H groups in total. The highest BCUT2D eigenvalue weighted by atomic mass is 32.1. The first-order valence-electron chi connectivity index (χ1n) is 5.43. The molecule has 90 valence electrons. The molecule has 5 heteroatoms. The summed E-state index contributed by atoms with van der Waals surface area (Å²) >= 11 is 1.45. The van der Waals surface area contributed by atoms with Crippen LogP contribution >= 0.6 is 11.3 Å². The van der Waals surface area contributed by atoms with E-state index in [1.165, 1.54) is 17.5 Å². The summed E-state index contributed by atoms with van der Waals surface area (Å²) in [5, 5.41) is 0.675. The zero-order valence-electron chi connectivity index (χ0n) is 9.77. The molecule has 0 saturated carbocycles. The lowest BCUT2D eigenvalue weighted by Gasteiger charge is -2.01. The number of halogens is 1. The Morgan fingerprint density at radius 3 is 2.76 bits per heavy atom. The summed E-state index contributed by atoms with van der Waals surface area (Å²) in [5.41, 5.74) is 7.14. The maximum absolute atomic E-state index is 13.6. The number of hydrogen-bond acceptors (Lipinski definition) is 4. The van der Waals surface area contributed by atoms with Crippen LogP contribution in [0, 0.1) is 5.82 Å². The highest BCUT2D eigenvalue weighted by Crippen LogP contribution is 2.32. The first kappa shape index (κ1) is 12.1. The number of rotatable bonds is 3. The molecule has 0 bridgehead atoms. The van der Waals surface area contributed by atoms with E-state index in [0.717, 1.165) is 10.6 Å². The molecule has 0 radical (unpaired) electrons. The average molecular weight is 251 g/mol. The molecule has 2 rings (SSSR count). The molecule has 0 saturated heterocycles. The molecule has 2 heterocycles. The predicted molar refractivity (Wildman–Crippen MR) is 67.3 cm³/mol. The normalized spacial score (nSPS) is 11.1. The molecule has 0 amide bonds. The number of thiazole rings is 1. The fourth-order valence-corrected chi connectivity index (χ4v) is 2.75. The van der Waals surface area contributed by atoms with Gasteiger partial charge in [0.1, 0.15) is 5.01 Å². The van der Waals surface area contributed by atoms with Crippen molar-refractivity contribution in [2.45, 2.75) is 26.3 Å². The van der Waals surface area contributed by atoms with Crippen molar-refractivity contribution >= 4 is 11.3 Å². The van der Waals surface area contributed by atoms with Crippen molar-refractivity contribution < 1.29 is 4.39 Å². The molecule has 0 spiro atoms. The Labute approximate surface area is 104 Å². The minimum absolute atomic E-state index is 0.295. The maximum atomic E-state index is 13.6. The van der Waals surface area contributed by atoms with Gasteiger partial charge in [0.25, 0.3) is 0 Å². The van der Waals surface area contributed by atoms with Crippen LogP contribution in [0.2, 0.25) is 0 Å². The minimum atomic E-state index is -0.347. The third-order valence-electron chi connectivity index (χ3n) is 2.46. The summed E-state index contributed by atoms with van der Waals surface area (Å²) in [6.45, 7) is 4.56. The van der Waals surface area contributed by atoms with E-state index in [9.17, 15) is 4.39 Å².